The molecule has 0 unspecified atom stereocenters. The molecule has 2 rings (SSSR count). The van der Waals surface area contributed by atoms with Gasteiger partial charge in [0.25, 0.3) is 0 Å². The van der Waals surface area contributed by atoms with Gasteiger partial charge in [0.1, 0.15) is 0 Å². The first-order valence-electron chi connectivity index (χ1n) is 6.12. The van der Waals surface area contributed by atoms with E-state index in [1.807, 2.05) is 11.3 Å². The lowest BCUT2D eigenvalue weighted by Gasteiger charge is -2.04. The Balaban J connectivity index is 1.81. The van der Waals surface area contributed by atoms with Gasteiger partial charge in [-0.3, -0.25) is 0 Å². The third-order valence-corrected chi connectivity index (χ3v) is 3.86. The molecule has 0 fully saturated rings. The van der Waals surface area contributed by atoms with Gasteiger partial charge in [-0.15, -0.1) is 11.3 Å². The summed E-state index contributed by atoms with van der Waals surface area (Å²) in [4.78, 5) is 2.79. The Morgan fingerprint density at radius 2 is 1.65 bits per heavy atom. The summed E-state index contributed by atoms with van der Waals surface area (Å²) >= 11 is 1.87. The summed E-state index contributed by atoms with van der Waals surface area (Å²) in [6.07, 6.45) is 1.11. The zero-order valence-electron chi connectivity index (χ0n) is 10.5. The van der Waals surface area contributed by atoms with Crippen molar-refractivity contribution in [2.24, 2.45) is 0 Å². The quantitative estimate of drug-likeness (QED) is 0.842. The Morgan fingerprint density at radius 1 is 0.941 bits per heavy atom. The van der Waals surface area contributed by atoms with Gasteiger partial charge in [-0.05, 0) is 36.6 Å². The zero-order valence-corrected chi connectivity index (χ0v) is 11.3. The van der Waals surface area contributed by atoms with Crippen LogP contribution in [-0.2, 0) is 19.5 Å². The van der Waals surface area contributed by atoms with E-state index < -0.39 is 0 Å². The van der Waals surface area contributed by atoms with Crippen LogP contribution in [0.15, 0.2) is 36.4 Å². The Hall–Kier alpha value is -1.12. The largest absolute Gasteiger partial charge is 0.308 e. The molecule has 1 aromatic carbocycles. The van der Waals surface area contributed by atoms with Crippen LogP contribution >= 0.6 is 11.3 Å². The third-order valence-electron chi connectivity index (χ3n) is 2.86. The molecule has 17 heavy (non-hydrogen) atoms. The molecule has 0 spiro atoms. The molecular formula is C15H19NS. The molecule has 0 aliphatic rings. The van der Waals surface area contributed by atoms with Gasteiger partial charge in [-0.1, -0.05) is 31.2 Å². The molecule has 1 heterocycles. The van der Waals surface area contributed by atoms with Gasteiger partial charge in [0.05, 0.1) is 0 Å². The molecule has 90 valence electrons. The standard InChI is InChI=1S/C15H19NS/c1-3-13-5-7-14(8-6-13)10-16-11-15-9-4-12(2)17-15/h4-9,16H,3,10-11H2,1-2H3. The first kappa shape index (κ1) is 12.3. The van der Waals surface area contributed by atoms with Crippen molar-refractivity contribution in [2.45, 2.75) is 33.4 Å². The molecular weight excluding hydrogens is 226 g/mol. The highest BCUT2D eigenvalue weighted by molar-refractivity contribution is 7.11. The summed E-state index contributed by atoms with van der Waals surface area (Å²) in [5.74, 6) is 0. The molecule has 0 radical (unpaired) electrons. The Bertz CT molecular complexity index is 456. The maximum Gasteiger partial charge on any atom is 0.0303 e. The molecule has 1 nitrogen and oxygen atoms in total. The van der Waals surface area contributed by atoms with Crippen molar-refractivity contribution in [3.63, 3.8) is 0 Å². The molecule has 0 atom stereocenters. The van der Waals surface area contributed by atoms with Crippen LogP contribution in [0.5, 0.6) is 0 Å². The van der Waals surface area contributed by atoms with Crippen LogP contribution in [0.25, 0.3) is 0 Å². The van der Waals surface area contributed by atoms with Crippen molar-refractivity contribution in [2.75, 3.05) is 0 Å². The second-order valence-corrected chi connectivity index (χ2v) is 5.66. The normalized spacial score (nSPS) is 10.7. The van der Waals surface area contributed by atoms with E-state index in [2.05, 4.69) is 55.6 Å². The molecule has 1 N–H and O–H groups in total. The second kappa shape index (κ2) is 5.99. The van der Waals surface area contributed by atoms with E-state index in [9.17, 15) is 0 Å². The fourth-order valence-electron chi connectivity index (χ4n) is 1.80. The predicted molar refractivity (Wildman–Crippen MR) is 75.4 cm³/mol. The van der Waals surface area contributed by atoms with Gasteiger partial charge in [0.15, 0.2) is 0 Å². The molecule has 0 aliphatic heterocycles. The highest BCUT2D eigenvalue weighted by atomic mass is 32.1. The van der Waals surface area contributed by atoms with Crippen molar-refractivity contribution in [3.05, 3.63) is 57.3 Å². The molecule has 1 aromatic heterocycles. The van der Waals surface area contributed by atoms with Crippen LogP contribution in [0.3, 0.4) is 0 Å². The minimum Gasteiger partial charge on any atom is -0.308 e. The lowest BCUT2D eigenvalue weighted by Crippen LogP contribution is -2.11. The van der Waals surface area contributed by atoms with Gasteiger partial charge in [0, 0.05) is 22.8 Å². The SMILES string of the molecule is CCc1ccc(CNCc2ccc(C)s2)cc1. The minimum atomic E-state index is 0.945. The van der Waals surface area contributed by atoms with Gasteiger partial charge in [-0.2, -0.15) is 0 Å². The van der Waals surface area contributed by atoms with E-state index >= 15 is 0 Å². The lowest BCUT2D eigenvalue weighted by atomic mass is 10.1. The maximum atomic E-state index is 3.48. The number of thiophene rings is 1. The second-order valence-electron chi connectivity index (χ2n) is 4.29. The van der Waals surface area contributed by atoms with Crippen molar-refractivity contribution in [3.8, 4) is 0 Å². The average Bonchev–Trinajstić information content (AvgIpc) is 2.76. The zero-order chi connectivity index (χ0) is 12.1. The smallest absolute Gasteiger partial charge is 0.0303 e. The summed E-state index contributed by atoms with van der Waals surface area (Å²) in [5, 5.41) is 3.48. The van der Waals surface area contributed by atoms with Crippen LogP contribution in [0, 0.1) is 6.92 Å². The Labute approximate surface area is 108 Å². The summed E-state index contributed by atoms with van der Waals surface area (Å²) in [7, 11) is 0. The highest BCUT2D eigenvalue weighted by Gasteiger charge is 1.97. The van der Waals surface area contributed by atoms with E-state index in [1.54, 1.807) is 0 Å². The molecule has 0 bridgehead atoms. The van der Waals surface area contributed by atoms with Gasteiger partial charge in [0.2, 0.25) is 0 Å². The number of hydrogen-bond donors (Lipinski definition) is 1. The first-order chi connectivity index (χ1) is 8.28. The molecule has 2 heteroatoms. The number of aryl methyl sites for hydroxylation is 2. The summed E-state index contributed by atoms with van der Waals surface area (Å²) in [5.41, 5.74) is 2.76. The lowest BCUT2D eigenvalue weighted by molar-refractivity contribution is 0.701. The summed E-state index contributed by atoms with van der Waals surface area (Å²) < 4.78 is 0. The van der Waals surface area contributed by atoms with Gasteiger partial charge >= 0.3 is 0 Å². The van der Waals surface area contributed by atoms with E-state index in [0.29, 0.717) is 0 Å². The monoisotopic (exact) mass is 245 g/mol. The minimum absolute atomic E-state index is 0.945. The van der Waals surface area contributed by atoms with Gasteiger partial charge in [-0.25, -0.2) is 0 Å². The van der Waals surface area contributed by atoms with Crippen LogP contribution in [-0.4, -0.2) is 0 Å². The molecule has 0 aliphatic carbocycles. The van der Waals surface area contributed by atoms with E-state index in [-0.39, 0.29) is 0 Å². The van der Waals surface area contributed by atoms with Crippen molar-refractivity contribution in [1.29, 1.82) is 0 Å². The van der Waals surface area contributed by atoms with Crippen LogP contribution in [0.2, 0.25) is 0 Å². The van der Waals surface area contributed by atoms with E-state index in [0.717, 1.165) is 19.5 Å². The number of rotatable bonds is 5. The van der Waals surface area contributed by atoms with Crippen LogP contribution in [0.1, 0.15) is 27.8 Å². The summed E-state index contributed by atoms with van der Waals surface area (Å²) in [6.45, 7) is 6.25. The highest BCUT2D eigenvalue weighted by Crippen LogP contribution is 2.14. The molecule has 0 saturated carbocycles. The van der Waals surface area contributed by atoms with Crippen molar-refractivity contribution in [1.82, 2.24) is 5.32 Å². The van der Waals surface area contributed by atoms with Gasteiger partial charge < -0.3 is 5.32 Å². The third kappa shape index (κ3) is 3.69. The number of hydrogen-bond acceptors (Lipinski definition) is 2. The number of nitrogens with one attached hydrogen (secondary N) is 1. The van der Waals surface area contributed by atoms with Crippen molar-refractivity contribution >= 4 is 11.3 Å². The maximum absolute atomic E-state index is 3.48. The fourth-order valence-corrected chi connectivity index (χ4v) is 2.66. The fraction of sp³-hybridized carbons (Fsp3) is 0.333. The Kier molecular flexibility index (Phi) is 4.35. The van der Waals surface area contributed by atoms with E-state index in [1.165, 1.54) is 20.9 Å². The topological polar surface area (TPSA) is 12.0 Å². The molecule has 0 amide bonds. The number of benzene rings is 1. The Morgan fingerprint density at radius 3 is 2.24 bits per heavy atom. The average molecular weight is 245 g/mol. The molecule has 0 saturated heterocycles. The van der Waals surface area contributed by atoms with Crippen LogP contribution < -0.4 is 5.32 Å². The predicted octanol–water partition coefficient (Wildman–Crippen LogP) is 3.91. The molecule has 2 aromatic rings. The van der Waals surface area contributed by atoms with E-state index in [4.69, 9.17) is 0 Å². The summed E-state index contributed by atoms with van der Waals surface area (Å²) in [6, 6.07) is 13.2. The first-order valence-corrected chi connectivity index (χ1v) is 6.93. The van der Waals surface area contributed by atoms with Crippen molar-refractivity contribution < 1.29 is 0 Å². The van der Waals surface area contributed by atoms with Crippen LogP contribution in [0.4, 0.5) is 0 Å².